The van der Waals surface area contributed by atoms with Crippen LogP contribution in [-0.2, 0) is 9.53 Å². The Bertz CT molecular complexity index is 1180. The maximum absolute atomic E-state index is 12.6. The first kappa shape index (κ1) is 22.0. The second-order valence-electron chi connectivity index (χ2n) is 6.43. The van der Waals surface area contributed by atoms with Gasteiger partial charge in [-0.1, -0.05) is 41.9 Å². The van der Waals surface area contributed by atoms with Crippen molar-refractivity contribution < 1.29 is 19.1 Å². The third-order valence-electron chi connectivity index (χ3n) is 4.22. The van der Waals surface area contributed by atoms with Gasteiger partial charge in [0.15, 0.2) is 12.4 Å². The number of amides is 1. The molecule has 0 bridgehead atoms. The largest absolute Gasteiger partial charge is 0.481 e. The SMILES string of the molecule is CCOC(=O)c1nn(-c2ccccc2Cl)c(=O)cc1OCC(=O)Nc1ccccc1C. The molecule has 0 unspecified atom stereocenters. The topological polar surface area (TPSA) is 99.5 Å². The van der Waals surface area contributed by atoms with E-state index in [2.05, 4.69) is 10.4 Å². The molecular formula is C22H20ClN3O5. The minimum absolute atomic E-state index is 0.0962. The van der Waals surface area contributed by atoms with Gasteiger partial charge >= 0.3 is 5.97 Å². The average molecular weight is 442 g/mol. The summed E-state index contributed by atoms with van der Waals surface area (Å²) in [5.41, 5.74) is 0.977. The van der Waals surface area contributed by atoms with Crippen LogP contribution < -0.4 is 15.6 Å². The first-order chi connectivity index (χ1) is 14.9. The fourth-order valence-corrected chi connectivity index (χ4v) is 2.95. The predicted octanol–water partition coefficient (Wildman–Crippen LogP) is 3.39. The van der Waals surface area contributed by atoms with Crippen LogP contribution in [0.2, 0.25) is 5.02 Å². The average Bonchev–Trinajstić information content (AvgIpc) is 2.75. The molecule has 0 aliphatic heterocycles. The van der Waals surface area contributed by atoms with Crippen molar-refractivity contribution in [1.29, 1.82) is 0 Å². The number of esters is 1. The van der Waals surface area contributed by atoms with Crippen LogP contribution in [0.4, 0.5) is 5.69 Å². The number of hydrogen-bond acceptors (Lipinski definition) is 6. The Labute approximate surface area is 183 Å². The summed E-state index contributed by atoms with van der Waals surface area (Å²) in [4.78, 5) is 37.3. The highest BCUT2D eigenvalue weighted by atomic mass is 35.5. The summed E-state index contributed by atoms with van der Waals surface area (Å²) in [5.74, 6) is -1.41. The van der Waals surface area contributed by atoms with E-state index in [1.165, 1.54) is 0 Å². The van der Waals surface area contributed by atoms with Crippen molar-refractivity contribution in [2.24, 2.45) is 0 Å². The molecule has 1 heterocycles. The Balaban J connectivity index is 1.88. The van der Waals surface area contributed by atoms with E-state index >= 15 is 0 Å². The molecule has 160 valence electrons. The molecule has 0 saturated carbocycles. The summed E-state index contributed by atoms with van der Waals surface area (Å²) in [6, 6.07) is 14.9. The molecule has 0 radical (unpaired) electrons. The molecule has 3 aromatic rings. The molecule has 0 spiro atoms. The summed E-state index contributed by atoms with van der Waals surface area (Å²) in [6.45, 7) is 3.16. The number of para-hydroxylation sites is 2. The number of nitrogens with zero attached hydrogens (tertiary/aromatic N) is 2. The molecule has 3 rings (SSSR count). The summed E-state index contributed by atoms with van der Waals surface area (Å²) in [5, 5.41) is 7.07. The van der Waals surface area contributed by atoms with Crippen molar-refractivity contribution >= 4 is 29.2 Å². The molecule has 9 heteroatoms. The zero-order valence-corrected chi connectivity index (χ0v) is 17.7. The molecule has 0 aliphatic rings. The highest BCUT2D eigenvalue weighted by molar-refractivity contribution is 6.32. The number of carbonyl (C=O) groups excluding carboxylic acids is 2. The fourth-order valence-electron chi connectivity index (χ4n) is 2.73. The molecular weight excluding hydrogens is 422 g/mol. The number of anilines is 1. The molecule has 1 amide bonds. The van der Waals surface area contributed by atoms with Gasteiger partial charge in [0.25, 0.3) is 11.5 Å². The lowest BCUT2D eigenvalue weighted by atomic mass is 10.2. The van der Waals surface area contributed by atoms with E-state index in [-0.39, 0.29) is 23.1 Å². The van der Waals surface area contributed by atoms with Crippen LogP contribution in [0.1, 0.15) is 23.0 Å². The lowest BCUT2D eigenvalue weighted by Crippen LogP contribution is -2.27. The Morgan fingerprint density at radius 2 is 1.84 bits per heavy atom. The number of aryl methyl sites for hydroxylation is 1. The summed E-state index contributed by atoms with van der Waals surface area (Å²) in [6.07, 6.45) is 0. The number of aromatic nitrogens is 2. The smallest absolute Gasteiger partial charge is 0.362 e. The lowest BCUT2D eigenvalue weighted by Gasteiger charge is -2.13. The molecule has 0 saturated heterocycles. The number of ether oxygens (including phenoxy) is 2. The zero-order chi connectivity index (χ0) is 22.4. The number of carbonyl (C=O) groups is 2. The standard InChI is InChI=1S/C22H20ClN3O5/c1-3-30-22(29)21-18(31-13-19(27)24-16-10-6-4-8-14(16)2)12-20(28)26(25-21)17-11-7-5-9-15(17)23/h4-12H,3,13H2,1-2H3,(H,24,27). The minimum atomic E-state index is -0.794. The van der Waals surface area contributed by atoms with Crippen molar-refractivity contribution in [2.45, 2.75) is 13.8 Å². The number of rotatable bonds is 7. The van der Waals surface area contributed by atoms with Gasteiger partial charge in [0.1, 0.15) is 0 Å². The number of nitrogens with one attached hydrogen (secondary N) is 1. The molecule has 1 aromatic heterocycles. The van der Waals surface area contributed by atoms with E-state index in [1.54, 1.807) is 43.3 Å². The van der Waals surface area contributed by atoms with Crippen molar-refractivity contribution in [2.75, 3.05) is 18.5 Å². The molecule has 8 nitrogen and oxygen atoms in total. The number of halogens is 1. The number of hydrogen-bond donors (Lipinski definition) is 1. The summed E-state index contributed by atoms with van der Waals surface area (Å²) >= 11 is 6.16. The maximum atomic E-state index is 12.6. The fraction of sp³-hybridized carbons (Fsp3) is 0.182. The van der Waals surface area contributed by atoms with Crippen LogP contribution >= 0.6 is 11.6 Å². The van der Waals surface area contributed by atoms with E-state index < -0.39 is 24.0 Å². The van der Waals surface area contributed by atoms with Gasteiger partial charge in [-0.05, 0) is 37.6 Å². The van der Waals surface area contributed by atoms with E-state index in [9.17, 15) is 14.4 Å². The molecule has 0 atom stereocenters. The quantitative estimate of drug-likeness (QED) is 0.564. The Morgan fingerprint density at radius 1 is 1.13 bits per heavy atom. The van der Waals surface area contributed by atoms with Crippen LogP contribution in [0.5, 0.6) is 5.75 Å². The van der Waals surface area contributed by atoms with Crippen molar-refractivity contribution in [3.63, 3.8) is 0 Å². The third-order valence-corrected chi connectivity index (χ3v) is 4.54. The lowest BCUT2D eigenvalue weighted by molar-refractivity contribution is -0.118. The van der Waals surface area contributed by atoms with E-state index in [4.69, 9.17) is 21.1 Å². The van der Waals surface area contributed by atoms with Crippen LogP contribution in [0, 0.1) is 6.92 Å². The van der Waals surface area contributed by atoms with Gasteiger partial charge in [0.2, 0.25) is 5.69 Å². The van der Waals surface area contributed by atoms with Crippen LogP contribution in [-0.4, -0.2) is 34.9 Å². The van der Waals surface area contributed by atoms with Gasteiger partial charge < -0.3 is 14.8 Å². The van der Waals surface area contributed by atoms with Crippen molar-refractivity contribution in [3.05, 3.63) is 81.2 Å². The van der Waals surface area contributed by atoms with Gasteiger partial charge in [0, 0.05) is 5.69 Å². The Morgan fingerprint density at radius 3 is 2.55 bits per heavy atom. The van der Waals surface area contributed by atoms with Crippen LogP contribution in [0.3, 0.4) is 0 Å². The summed E-state index contributed by atoms with van der Waals surface area (Å²) in [7, 11) is 0. The highest BCUT2D eigenvalue weighted by Gasteiger charge is 2.21. The molecule has 2 aromatic carbocycles. The first-order valence-electron chi connectivity index (χ1n) is 9.45. The van der Waals surface area contributed by atoms with E-state index in [1.807, 2.05) is 19.1 Å². The molecule has 0 aliphatic carbocycles. The van der Waals surface area contributed by atoms with Gasteiger partial charge in [0.05, 0.1) is 23.4 Å². The molecule has 0 fully saturated rings. The third kappa shape index (κ3) is 5.29. The van der Waals surface area contributed by atoms with Crippen LogP contribution in [0.15, 0.2) is 59.4 Å². The Hall–Kier alpha value is -3.65. The second kappa shape index (κ2) is 9.90. The molecule has 1 N–H and O–H groups in total. The van der Waals surface area contributed by atoms with E-state index in [0.29, 0.717) is 11.4 Å². The Kier molecular flexibility index (Phi) is 7.04. The maximum Gasteiger partial charge on any atom is 0.362 e. The monoisotopic (exact) mass is 441 g/mol. The first-order valence-corrected chi connectivity index (χ1v) is 9.83. The van der Waals surface area contributed by atoms with E-state index in [0.717, 1.165) is 16.3 Å². The highest BCUT2D eigenvalue weighted by Crippen LogP contribution is 2.21. The predicted molar refractivity (Wildman–Crippen MR) is 116 cm³/mol. The van der Waals surface area contributed by atoms with Gasteiger partial charge in [-0.15, -0.1) is 0 Å². The van der Waals surface area contributed by atoms with Gasteiger partial charge in [-0.3, -0.25) is 9.59 Å². The molecule has 31 heavy (non-hydrogen) atoms. The number of benzene rings is 2. The normalized spacial score (nSPS) is 10.4. The van der Waals surface area contributed by atoms with Gasteiger partial charge in [-0.2, -0.15) is 9.78 Å². The summed E-state index contributed by atoms with van der Waals surface area (Å²) < 4.78 is 11.5. The van der Waals surface area contributed by atoms with Crippen molar-refractivity contribution in [1.82, 2.24) is 9.78 Å². The van der Waals surface area contributed by atoms with Gasteiger partial charge in [-0.25, -0.2) is 4.79 Å². The minimum Gasteiger partial charge on any atom is -0.481 e. The zero-order valence-electron chi connectivity index (χ0n) is 16.9. The van der Waals surface area contributed by atoms with Crippen molar-refractivity contribution in [3.8, 4) is 11.4 Å². The second-order valence-corrected chi connectivity index (χ2v) is 6.84. The van der Waals surface area contributed by atoms with Crippen LogP contribution in [0.25, 0.3) is 5.69 Å².